The van der Waals surface area contributed by atoms with Crippen LogP contribution >= 0.6 is 12.4 Å². The summed E-state index contributed by atoms with van der Waals surface area (Å²) in [5, 5.41) is 6.43. The molecule has 0 saturated heterocycles. The van der Waals surface area contributed by atoms with Crippen LogP contribution < -0.4 is 10.6 Å². The molecule has 1 heterocycles. The van der Waals surface area contributed by atoms with E-state index in [9.17, 15) is 4.79 Å². The first-order chi connectivity index (χ1) is 10.8. The van der Waals surface area contributed by atoms with Gasteiger partial charge in [0.2, 0.25) is 0 Å². The summed E-state index contributed by atoms with van der Waals surface area (Å²) in [5.74, 6) is -0.00586. The smallest absolute Gasteiger partial charge is 0.255 e. The second-order valence-electron chi connectivity index (χ2n) is 6.19. The Kier molecular flexibility index (Phi) is 4.69. The molecule has 4 rings (SSSR count). The van der Waals surface area contributed by atoms with Gasteiger partial charge in [0.05, 0.1) is 0 Å². The molecule has 3 nitrogen and oxygen atoms in total. The van der Waals surface area contributed by atoms with Gasteiger partial charge in [-0.15, -0.1) is 12.4 Å². The third kappa shape index (κ3) is 3.12. The Bertz CT molecular complexity index is 742. The lowest BCUT2D eigenvalue weighted by molar-refractivity contribution is 0.102. The van der Waals surface area contributed by atoms with Crippen molar-refractivity contribution in [1.29, 1.82) is 0 Å². The summed E-state index contributed by atoms with van der Waals surface area (Å²) in [5.41, 5.74) is 6.99. The monoisotopic (exact) mass is 328 g/mol. The van der Waals surface area contributed by atoms with Gasteiger partial charge < -0.3 is 10.6 Å². The summed E-state index contributed by atoms with van der Waals surface area (Å²) in [7, 11) is 0. The molecule has 4 heteroatoms. The maximum absolute atomic E-state index is 12.6. The van der Waals surface area contributed by atoms with E-state index in [2.05, 4.69) is 22.8 Å². The Morgan fingerprint density at radius 2 is 1.78 bits per heavy atom. The number of amides is 1. The van der Waals surface area contributed by atoms with E-state index in [1.165, 1.54) is 35.1 Å². The predicted octanol–water partition coefficient (Wildman–Crippen LogP) is 3.84. The zero-order valence-corrected chi connectivity index (χ0v) is 13.8. The highest BCUT2D eigenvalue weighted by atomic mass is 35.5. The Balaban J connectivity index is 0.00000156. The fourth-order valence-electron chi connectivity index (χ4n) is 3.53. The lowest BCUT2D eigenvalue weighted by Gasteiger charge is -2.19. The van der Waals surface area contributed by atoms with Crippen molar-refractivity contribution in [2.75, 3.05) is 5.32 Å². The van der Waals surface area contributed by atoms with Gasteiger partial charge in [0.15, 0.2) is 0 Å². The van der Waals surface area contributed by atoms with Crippen molar-refractivity contribution in [2.45, 2.75) is 38.8 Å². The van der Waals surface area contributed by atoms with Crippen LogP contribution in [0.2, 0.25) is 0 Å². The number of benzene rings is 2. The summed E-state index contributed by atoms with van der Waals surface area (Å²) in [6.45, 7) is 1.76. The van der Waals surface area contributed by atoms with E-state index < -0.39 is 0 Å². The van der Waals surface area contributed by atoms with Crippen LogP contribution in [0, 0.1) is 0 Å². The highest BCUT2D eigenvalue weighted by molar-refractivity contribution is 6.05. The van der Waals surface area contributed by atoms with E-state index in [0.717, 1.165) is 37.2 Å². The second-order valence-corrected chi connectivity index (χ2v) is 6.19. The Morgan fingerprint density at radius 1 is 0.957 bits per heavy atom. The number of nitrogens with one attached hydrogen (secondary N) is 2. The van der Waals surface area contributed by atoms with Crippen molar-refractivity contribution in [3.8, 4) is 0 Å². The fourth-order valence-corrected chi connectivity index (χ4v) is 3.53. The largest absolute Gasteiger partial charge is 0.322 e. The molecule has 0 saturated carbocycles. The number of fused-ring (bicyclic) bond motifs is 2. The minimum Gasteiger partial charge on any atom is -0.322 e. The number of hydrogen-bond acceptors (Lipinski definition) is 2. The number of rotatable bonds is 2. The van der Waals surface area contributed by atoms with Gasteiger partial charge in [-0.2, -0.15) is 0 Å². The van der Waals surface area contributed by atoms with Crippen molar-refractivity contribution in [2.24, 2.45) is 0 Å². The van der Waals surface area contributed by atoms with Crippen molar-refractivity contribution in [3.63, 3.8) is 0 Å². The minimum atomic E-state index is -0.00586. The minimum absolute atomic E-state index is 0. The molecule has 0 fully saturated rings. The molecular formula is C19H21ClN2O. The Morgan fingerprint density at radius 3 is 2.70 bits per heavy atom. The lowest BCUT2D eigenvalue weighted by Crippen LogP contribution is -2.15. The summed E-state index contributed by atoms with van der Waals surface area (Å²) in [6, 6.07) is 12.3. The number of aryl methyl sites for hydroxylation is 1. The summed E-state index contributed by atoms with van der Waals surface area (Å²) in [4.78, 5) is 12.6. The quantitative estimate of drug-likeness (QED) is 0.879. The lowest BCUT2D eigenvalue weighted by atomic mass is 9.90. The standard InChI is InChI=1S/C19H20N2O.ClH/c22-19(14-8-9-15-11-20-12-16(15)10-14)21-18-7-3-5-13-4-1-2-6-17(13)18;/h3,5,7-10,20H,1-2,4,6,11-12H2,(H,21,22);1H. The zero-order valence-electron chi connectivity index (χ0n) is 13.0. The van der Waals surface area contributed by atoms with Crippen LogP contribution in [0.4, 0.5) is 5.69 Å². The molecular weight excluding hydrogens is 308 g/mol. The van der Waals surface area contributed by atoms with Crippen LogP contribution in [-0.2, 0) is 25.9 Å². The average molecular weight is 329 g/mol. The van der Waals surface area contributed by atoms with Gasteiger partial charge in [-0.25, -0.2) is 0 Å². The number of halogens is 1. The predicted molar refractivity (Wildman–Crippen MR) is 95.3 cm³/mol. The molecule has 2 aliphatic rings. The number of carbonyl (C=O) groups is 1. The van der Waals surface area contributed by atoms with E-state index in [4.69, 9.17) is 0 Å². The number of carbonyl (C=O) groups excluding carboxylic acids is 1. The van der Waals surface area contributed by atoms with Crippen LogP contribution in [0.3, 0.4) is 0 Å². The molecule has 0 aromatic heterocycles. The van der Waals surface area contributed by atoms with Crippen molar-refractivity contribution in [3.05, 3.63) is 64.2 Å². The van der Waals surface area contributed by atoms with Gasteiger partial charge in [0, 0.05) is 24.3 Å². The molecule has 23 heavy (non-hydrogen) atoms. The van der Waals surface area contributed by atoms with Crippen molar-refractivity contribution in [1.82, 2.24) is 5.32 Å². The van der Waals surface area contributed by atoms with E-state index in [0.29, 0.717) is 0 Å². The first-order valence-corrected chi connectivity index (χ1v) is 8.06. The van der Waals surface area contributed by atoms with E-state index in [1.807, 2.05) is 24.3 Å². The number of anilines is 1. The zero-order chi connectivity index (χ0) is 14.9. The normalized spacial score (nSPS) is 15.3. The maximum atomic E-state index is 12.6. The third-order valence-electron chi connectivity index (χ3n) is 4.74. The van der Waals surface area contributed by atoms with Crippen LogP contribution in [0.25, 0.3) is 0 Å². The molecule has 0 atom stereocenters. The maximum Gasteiger partial charge on any atom is 0.255 e. The molecule has 0 unspecified atom stereocenters. The van der Waals surface area contributed by atoms with Gasteiger partial charge in [-0.05, 0) is 66.1 Å². The SMILES string of the molecule is Cl.O=C(Nc1cccc2c1CCCC2)c1ccc2c(c1)CNC2. The molecule has 1 aliphatic heterocycles. The van der Waals surface area contributed by atoms with Crippen LogP contribution in [0.1, 0.15) is 45.5 Å². The Hall–Kier alpha value is -1.84. The van der Waals surface area contributed by atoms with Crippen LogP contribution in [-0.4, -0.2) is 5.91 Å². The topological polar surface area (TPSA) is 41.1 Å². The first kappa shape index (κ1) is 16.0. The molecule has 0 radical (unpaired) electrons. The Labute approximate surface area is 142 Å². The van der Waals surface area contributed by atoms with E-state index in [1.54, 1.807) is 0 Å². The molecule has 0 spiro atoms. The van der Waals surface area contributed by atoms with Gasteiger partial charge in [0.25, 0.3) is 5.91 Å². The summed E-state index contributed by atoms with van der Waals surface area (Å²) < 4.78 is 0. The van der Waals surface area contributed by atoms with Crippen LogP contribution in [0.5, 0.6) is 0 Å². The molecule has 1 amide bonds. The highest BCUT2D eigenvalue weighted by Gasteiger charge is 2.17. The first-order valence-electron chi connectivity index (χ1n) is 8.06. The van der Waals surface area contributed by atoms with Gasteiger partial charge in [-0.3, -0.25) is 4.79 Å². The third-order valence-corrected chi connectivity index (χ3v) is 4.74. The molecule has 120 valence electrons. The molecule has 2 aromatic rings. The van der Waals surface area contributed by atoms with Gasteiger partial charge in [-0.1, -0.05) is 18.2 Å². The molecule has 0 bridgehead atoms. The van der Waals surface area contributed by atoms with Gasteiger partial charge >= 0.3 is 0 Å². The second kappa shape index (κ2) is 6.73. The molecule has 1 aliphatic carbocycles. The molecule has 2 aromatic carbocycles. The van der Waals surface area contributed by atoms with Gasteiger partial charge in [0.1, 0.15) is 0 Å². The van der Waals surface area contributed by atoms with E-state index >= 15 is 0 Å². The fraction of sp³-hybridized carbons (Fsp3) is 0.316. The van der Waals surface area contributed by atoms with Crippen molar-refractivity contribution < 1.29 is 4.79 Å². The highest BCUT2D eigenvalue weighted by Crippen LogP contribution is 2.28. The average Bonchev–Trinajstić information content (AvgIpc) is 3.02. The van der Waals surface area contributed by atoms with Crippen molar-refractivity contribution >= 4 is 24.0 Å². The van der Waals surface area contributed by atoms with E-state index in [-0.39, 0.29) is 18.3 Å². The molecule has 2 N–H and O–H groups in total. The summed E-state index contributed by atoms with van der Waals surface area (Å²) in [6.07, 6.45) is 4.66. The van der Waals surface area contributed by atoms with Crippen LogP contribution in [0.15, 0.2) is 36.4 Å². The number of hydrogen-bond donors (Lipinski definition) is 2. The summed E-state index contributed by atoms with van der Waals surface area (Å²) >= 11 is 0.